The first kappa shape index (κ1) is 15.0. The first-order valence-electron chi connectivity index (χ1n) is 7.08. The summed E-state index contributed by atoms with van der Waals surface area (Å²) in [6.07, 6.45) is 6.12. The zero-order valence-corrected chi connectivity index (χ0v) is 13.9. The molecule has 0 radical (unpaired) electrons. The van der Waals surface area contributed by atoms with E-state index in [1.807, 2.05) is 6.20 Å². The maximum atomic E-state index is 4.43. The number of aromatic nitrogens is 2. The minimum atomic E-state index is 0.725. The third-order valence-electron chi connectivity index (χ3n) is 3.45. The van der Waals surface area contributed by atoms with Gasteiger partial charge in [0.2, 0.25) is 0 Å². The molecule has 19 heavy (non-hydrogen) atoms. The summed E-state index contributed by atoms with van der Waals surface area (Å²) in [5.74, 6) is 2.56. The van der Waals surface area contributed by atoms with E-state index in [0.29, 0.717) is 0 Å². The van der Waals surface area contributed by atoms with E-state index in [9.17, 15) is 0 Å². The molecule has 1 N–H and O–H groups in total. The molecule has 1 aromatic heterocycles. The highest BCUT2D eigenvalue weighted by molar-refractivity contribution is 14.1. The Labute approximate surface area is 129 Å². The van der Waals surface area contributed by atoms with Gasteiger partial charge in [0.25, 0.3) is 0 Å². The quantitative estimate of drug-likeness (QED) is 0.805. The second-order valence-electron chi connectivity index (χ2n) is 5.70. The maximum absolute atomic E-state index is 4.43. The summed E-state index contributed by atoms with van der Waals surface area (Å²) in [6.45, 7) is 8.97. The number of piperidine rings is 1. The Morgan fingerprint density at radius 1 is 1.53 bits per heavy atom. The van der Waals surface area contributed by atoms with Gasteiger partial charge in [0.15, 0.2) is 0 Å². The SMILES string of the molecule is CC(C)CNCC1CCCN(c2ncncc2I)C1. The van der Waals surface area contributed by atoms with Gasteiger partial charge < -0.3 is 10.2 Å². The van der Waals surface area contributed by atoms with Crippen LogP contribution >= 0.6 is 22.6 Å². The van der Waals surface area contributed by atoms with Gasteiger partial charge in [-0.1, -0.05) is 13.8 Å². The highest BCUT2D eigenvalue weighted by Crippen LogP contribution is 2.24. The minimum absolute atomic E-state index is 0.725. The number of rotatable bonds is 5. The third kappa shape index (κ3) is 4.56. The summed E-state index contributed by atoms with van der Waals surface area (Å²) in [7, 11) is 0. The third-order valence-corrected chi connectivity index (χ3v) is 4.21. The molecule has 1 aliphatic heterocycles. The van der Waals surface area contributed by atoms with Gasteiger partial charge in [-0.15, -0.1) is 0 Å². The van der Waals surface area contributed by atoms with Gasteiger partial charge in [0, 0.05) is 19.3 Å². The van der Waals surface area contributed by atoms with Gasteiger partial charge in [-0.25, -0.2) is 9.97 Å². The molecule has 0 amide bonds. The van der Waals surface area contributed by atoms with Crippen molar-refractivity contribution in [2.45, 2.75) is 26.7 Å². The Kier molecular flexibility index (Phi) is 5.81. The van der Waals surface area contributed by atoms with Gasteiger partial charge in [0.05, 0.1) is 3.57 Å². The lowest BCUT2D eigenvalue weighted by Gasteiger charge is -2.34. The molecule has 0 aliphatic carbocycles. The van der Waals surface area contributed by atoms with E-state index >= 15 is 0 Å². The van der Waals surface area contributed by atoms with Crippen molar-refractivity contribution in [1.82, 2.24) is 15.3 Å². The van der Waals surface area contributed by atoms with Gasteiger partial charge in [-0.2, -0.15) is 0 Å². The summed E-state index contributed by atoms with van der Waals surface area (Å²) in [5.41, 5.74) is 0. The van der Waals surface area contributed by atoms with Crippen LogP contribution in [0.25, 0.3) is 0 Å². The topological polar surface area (TPSA) is 41.0 Å². The van der Waals surface area contributed by atoms with E-state index in [-0.39, 0.29) is 0 Å². The maximum Gasteiger partial charge on any atom is 0.145 e. The smallest absolute Gasteiger partial charge is 0.145 e. The summed E-state index contributed by atoms with van der Waals surface area (Å²) in [4.78, 5) is 10.9. The molecule has 1 fully saturated rings. The Bertz CT molecular complexity index is 397. The first-order valence-corrected chi connectivity index (χ1v) is 8.16. The van der Waals surface area contributed by atoms with Crippen molar-refractivity contribution >= 4 is 28.4 Å². The Hall–Kier alpha value is -0.430. The van der Waals surface area contributed by atoms with E-state index in [2.05, 4.69) is 56.6 Å². The van der Waals surface area contributed by atoms with Crippen LogP contribution in [-0.4, -0.2) is 36.1 Å². The Morgan fingerprint density at radius 2 is 2.37 bits per heavy atom. The zero-order chi connectivity index (χ0) is 13.7. The fraction of sp³-hybridized carbons (Fsp3) is 0.714. The van der Waals surface area contributed by atoms with Crippen LogP contribution in [0.15, 0.2) is 12.5 Å². The number of halogens is 1. The average molecular weight is 374 g/mol. The van der Waals surface area contributed by atoms with Gasteiger partial charge in [-0.05, 0) is 60.4 Å². The van der Waals surface area contributed by atoms with Crippen LogP contribution in [-0.2, 0) is 0 Å². The monoisotopic (exact) mass is 374 g/mol. The molecule has 1 aliphatic rings. The molecule has 0 aromatic carbocycles. The normalized spacial score (nSPS) is 20.0. The van der Waals surface area contributed by atoms with Crippen LogP contribution in [0, 0.1) is 15.4 Å². The highest BCUT2D eigenvalue weighted by Gasteiger charge is 2.22. The molecule has 4 nitrogen and oxygen atoms in total. The number of nitrogens with one attached hydrogen (secondary N) is 1. The largest absolute Gasteiger partial charge is 0.355 e. The molecular formula is C14H23IN4. The second kappa shape index (κ2) is 7.38. The molecule has 0 bridgehead atoms. The number of hydrogen-bond donors (Lipinski definition) is 1. The fourth-order valence-corrected chi connectivity index (χ4v) is 3.18. The van der Waals surface area contributed by atoms with E-state index in [0.717, 1.165) is 47.4 Å². The number of hydrogen-bond acceptors (Lipinski definition) is 4. The Balaban J connectivity index is 1.88. The molecule has 5 heteroatoms. The molecule has 1 atom stereocenters. The van der Waals surface area contributed by atoms with E-state index in [4.69, 9.17) is 0 Å². The summed E-state index contributed by atoms with van der Waals surface area (Å²) in [5, 5.41) is 3.58. The van der Waals surface area contributed by atoms with Crippen molar-refractivity contribution in [3.63, 3.8) is 0 Å². The molecule has 1 unspecified atom stereocenters. The molecule has 0 spiro atoms. The van der Waals surface area contributed by atoms with Crippen molar-refractivity contribution < 1.29 is 0 Å². The van der Waals surface area contributed by atoms with Crippen molar-refractivity contribution in [3.05, 3.63) is 16.1 Å². The molecule has 106 valence electrons. The summed E-state index contributed by atoms with van der Waals surface area (Å²) in [6, 6.07) is 0. The van der Waals surface area contributed by atoms with E-state index in [1.165, 1.54) is 12.8 Å². The van der Waals surface area contributed by atoms with Gasteiger partial charge >= 0.3 is 0 Å². The van der Waals surface area contributed by atoms with Crippen molar-refractivity contribution in [1.29, 1.82) is 0 Å². The lowest BCUT2D eigenvalue weighted by atomic mass is 9.98. The van der Waals surface area contributed by atoms with Crippen molar-refractivity contribution in [2.75, 3.05) is 31.1 Å². The fourth-order valence-electron chi connectivity index (χ4n) is 2.54. The van der Waals surface area contributed by atoms with Gasteiger partial charge in [0.1, 0.15) is 12.1 Å². The molecular weight excluding hydrogens is 351 g/mol. The molecule has 2 rings (SSSR count). The highest BCUT2D eigenvalue weighted by atomic mass is 127. The number of nitrogens with zero attached hydrogens (tertiary/aromatic N) is 3. The van der Waals surface area contributed by atoms with Crippen molar-refractivity contribution in [3.8, 4) is 0 Å². The average Bonchev–Trinajstić information content (AvgIpc) is 2.39. The van der Waals surface area contributed by atoms with Crippen LogP contribution in [0.5, 0.6) is 0 Å². The molecule has 1 saturated heterocycles. The number of anilines is 1. The van der Waals surface area contributed by atoms with Crippen LogP contribution in [0.4, 0.5) is 5.82 Å². The zero-order valence-electron chi connectivity index (χ0n) is 11.8. The lowest BCUT2D eigenvalue weighted by molar-refractivity contribution is 0.381. The summed E-state index contributed by atoms with van der Waals surface area (Å²) >= 11 is 2.32. The van der Waals surface area contributed by atoms with E-state index in [1.54, 1.807) is 6.33 Å². The predicted octanol–water partition coefficient (Wildman–Crippen LogP) is 2.54. The van der Waals surface area contributed by atoms with Crippen LogP contribution in [0.2, 0.25) is 0 Å². The van der Waals surface area contributed by atoms with Crippen LogP contribution in [0.1, 0.15) is 26.7 Å². The standard InChI is InChI=1S/C14H23IN4/c1-11(2)6-16-7-12-4-3-5-19(9-12)14-13(15)8-17-10-18-14/h8,10-12,16H,3-7,9H2,1-2H3. The van der Waals surface area contributed by atoms with Crippen molar-refractivity contribution in [2.24, 2.45) is 11.8 Å². The summed E-state index contributed by atoms with van der Waals surface area (Å²) < 4.78 is 1.15. The molecule has 0 saturated carbocycles. The predicted molar refractivity (Wildman–Crippen MR) is 87.4 cm³/mol. The minimum Gasteiger partial charge on any atom is -0.355 e. The van der Waals surface area contributed by atoms with Crippen LogP contribution in [0.3, 0.4) is 0 Å². The Morgan fingerprint density at radius 3 is 3.11 bits per heavy atom. The molecule has 1 aromatic rings. The first-order chi connectivity index (χ1) is 9.16. The van der Waals surface area contributed by atoms with Crippen LogP contribution < -0.4 is 10.2 Å². The molecule has 2 heterocycles. The van der Waals surface area contributed by atoms with E-state index < -0.39 is 0 Å². The second-order valence-corrected chi connectivity index (χ2v) is 6.86. The van der Waals surface area contributed by atoms with Gasteiger partial charge in [-0.3, -0.25) is 0 Å². The lowest BCUT2D eigenvalue weighted by Crippen LogP contribution is -2.41.